The van der Waals surface area contributed by atoms with Gasteiger partial charge in [0.1, 0.15) is 22.5 Å². The van der Waals surface area contributed by atoms with Crippen LogP contribution in [0.4, 0.5) is 13.2 Å². The number of hydrogen-bond acceptors (Lipinski definition) is 0. The monoisotopic (exact) mass is 462 g/mol. The molecular formula is C28H34ClF3. The molecule has 0 unspecified atom stereocenters. The maximum atomic E-state index is 14.8. The fourth-order valence-electron chi connectivity index (χ4n) is 5.91. The predicted molar refractivity (Wildman–Crippen MR) is 126 cm³/mol. The summed E-state index contributed by atoms with van der Waals surface area (Å²) < 4.78 is 42.4. The van der Waals surface area contributed by atoms with Gasteiger partial charge in [0.05, 0.1) is 0 Å². The minimum Gasteiger partial charge on any atom is -0.206 e. The van der Waals surface area contributed by atoms with Crippen LogP contribution < -0.4 is 0 Å². The lowest BCUT2D eigenvalue weighted by Crippen LogP contribution is -2.17. The van der Waals surface area contributed by atoms with Crippen LogP contribution in [0.15, 0.2) is 30.3 Å². The molecule has 2 aliphatic carbocycles. The lowest BCUT2D eigenvalue weighted by molar-refractivity contribution is 0.227. The van der Waals surface area contributed by atoms with Crippen LogP contribution in [0.5, 0.6) is 0 Å². The van der Waals surface area contributed by atoms with Gasteiger partial charge in [-0.25, -0.2) is 13.2 Å². The van der Waals surface area contributed by atoms with Crippen LogP contribution in [0.2, 0.25) is 5.02 Å². The molecule has 0 N–H and O–H groups in total. The number of halogens is 4. The maximum absolute atomic E-state index is 14.8. The van der Waals surface area contributed by atoms with Crippen LogP contribution >= 0.6 is 11.6 Å². The molecule has 0 bridgehead atoms. The molecule has 0 nitrogen and oxygen atoms in total. The van der Waals surface area contributed by atoms with Crippen LogP contribution in [0.1, 0.15) is 89.0 Å². The fourth-order valence-corrected chi connectivity index (χ4v) is 6.02. The van der Waals surface area contributed by atoms with Gasteiger partial charge in [0.25, 0.3) is 0 Å². The molecule has 2 saturated carbocycles. The van der Waals surface area contributed by atoms with Crippen molar-refractivity contribution in [1.82, 2.24) is 0 Å². The van der Waals surface area contributed by atoms with Crippen molar-refractivity contribution in [2.45, 2.75) is 83.5 Å². The smallest absolute Gasteiger partial charge is 0.145 e. The summed E-state index contributed by atoms with van der Waals surface area (Å²) >= 11 is 5.55. The molecule has 2 aromatic carbocycles. The van der Waals surface area contributed by atoms with Crippen molar-refractivity contribution in [3.8, 4) is 11.1 Å². The highest BCUT2D eigenvalue weighted by molar-refractivity contribution is 6.31. The molecule has 4 heteroatoms. The highest BCUT2D eigenvalue weighted by Crippen LogP contribution is 2.41. The van der Waals surface area contributed by atoms with E-state index in [2.05, 4.69) is 6.92 Å². The van der Waals surface area contributed by atoms with Crippen molar-refractivity contribution in [3.05, 3.63) is 58.4 Å². The molecule has 0 radical (unpaired) electrons. The van der Waals surface area contributed by atoms with Crippen molar-refractivity contribution >= 4 is 11.6 Å². The Morgan fingerprint density at radius 1 is 0.719 bits per heavy atom. The Hall–Kier alpha value is -1.48. The molecule has 0 spiro atoms. The van der Waals surface area contributed by atoms with E-state index in [1.165, 1.54) is 57.8 Å². The average Bonchev–Trinajstić information content (AvgIpc) is 2.81. The van der Waals surface area contributed by atoms with Gasteiger partial charge in [0, 0.05) is 5.56 Å². The first-order valence-electron chi connectivity index (χ1n) is 12.4. The summed E-state index contributed by atoms with van der Waals surface area (Å²) in [5, 5.41) is -0.559. The van der Waals surface area contributed by atoms with E-state index in [9.17, 15) is 13.2 Å². The van der Waals surface area contributed by atoms with Crippen LogP contribution in [-0.4, -0.2) is 0 Å². The average molecular weight is 463 g/mol. The van der Waals surface area contributed by atoms with Gasteiger partial charge in [-0.15, -0.1) is 0 Å². The van der Waals surface area contributed by atoms with E-state index >= 15 is 0 Å². The molecule has 0 aliphatic heterocycles. The first kappa shape index (κ1) is 23.7. The van der Waals surface area contributed by atoms with Crippen LogP contribution in [-0.2, 0) is 0 Å². The largest absolute Gasteiger partial charge is 0.206 e. The normalized spacial score (nSPS) is 26.3. The molecule has 4 rings (SSSR count). The summed E-state index contributed by atoms with van der Waals surface area (Å²) in [7, 11) is 0. The molecule has 2 aromatic rings. The zero-order valence-corrected chi connectivity index (χ0v) is 19.7. The van der Waals surface area contributed by atoms with Crippen LogP contribution in [0.3, 0.4) is 0 Å². The zero-order chi connectivity index (χ0) is 22.7. The lowest BCUT2D eigenvalue weighted by atomic mass is 9.74. The van der Waals surface area contributed by atoms with Gasteiger partial charge in [-0.2, -0.15) is 0 Å². The summed E-state index contributed by atoms with van der Waals surface area (Å²) in [6.45, 7) is 2.32. The summed E-state index contributed by atoms with van der Waals surface area (Å²) in [5.74, 6) is 0.885. The van der Waals surface area contributed by atoms with E-state index in [-0.39, 0.29) is 11.1 Å². The number of hydrogen-bond donors (Lipinski definition) is 0. The Morgan fingerprint density at radius 3 is 1.78 bits per heavy atom. The second kappa shape index (κ2) is 10.6. The van der Waals surface area contributed by atoms with Crippen molar-refractivity contribution in [2.24, 2.45) is 17.8 Å². The minimum atomic E-state index is -0.873. The molecule has 0 aromatic heterocycles. The summed E-state index contributed by atoms with van der Waals surface area (Å²) in [6, 6.07) is 7.29. The molecule has 32 heavy (non-hydrogen) atoms. The lowest BCUT2D eigenvalue weighted by Gasteiger charge is -2.32. The Bertz CT molecular complexity index is 886. The Morgan fingerprint density at radius 2 is 1.25 bits per heavy atom. The van der Waals surface area contributed by atoms with Crippen LogP contribution in [0, 0.1) is 35.2 Å². The van der Waals surface area contributed by atoms with Crippen LogP contribution in [0.25, 0.3) is 11.1 Å². The number of rotatable bonds is 6. The van der Waals surface area contributed by atoms with Gasteiger partial charge in [-0.3, -0.25) is 0 Å². The van der Waals surface area contributed by atoms with Gasteiger partial charge in [0.15, 0.2) is 0 Å². The first-order chi connectivity index (χ1) is 15.4. The maximum Gasteiger partial charge on any atom is 0.145 e. The molecule has 0 saturated heterocycles. The SMILES string of the molecule is CC[C@H]1CC[C@H](CC[C@H]2CC[C@H](c3ccc(-c4cc(F)c(Cl)c(F)c4)c(F)c3)CC2)CC1. The first-order valence-corrected chi connectivity index (χ1v) is 12.8. The molecule has 2 fully saturated rings. The third-order valence-electron chi connectivity index (χ3n) is 8.13. The van der Waals surface area contributed by atoms with Crippen molar-refractivity contribution in [1.29, 1.82) is 0 Å². The fraction of sp³-hybridized carbons (Fsp3) is 0.571. The third kappa shape index (κ3) is 5.53. The molecule has 0 atom stereocenters. The number of benzene rings is 2. The summed E-state index contributed by atoms with van der Waals surface area (Å²) in [6.07, 6.45) is 14.4. The second-order valence-electron chi connectivity index (χ2n) is 10.1. The van der Waals surface area contributed by atoms with Gasteiger partial charge >= 0.3 is 0 Å². The highest BCUT2D eigenvalue weighted by atomic mass is 35.5. The van der Waals surface area contributed by atoms with E-state index in [1.807, 2.05) is 6.07 Å². The van der Waals surface area contributed by atoms with E-state index in [0.717, 1.165) is 48.3 Å². The Labute approximate surface area is 195 Å². The van der Waals surface area contributed by atoms with Gasteiger partial charge in [0.2, 0.25) is 0 Å². The van der Waals surface area contributed by atoms with Gasteiger partial charge < -0.3 is 0 Å². The van der Waals surface area contributed by atoms with Crippen molar-refractivity contribution < 1.29 is 13.2 Å². The molecule has 2 aliphatic rings. The quantitative estimate of drug-likeness (QED) is 0.375. The standard InChI is InChI=1S/C28H34ClF3/c1-2-18-3-5-19(6-4-18)7-8-20-9-11-21(12-10-20)22-13-14-24(25(30)15-22)23-16-26(31)28(29)27(32)17-23/h13-21H,2-12H2,1H3/t18-,19-,20-,21-. The molecule has 174 valence electrons. The van der Waals surface area contributed by atoms with Gasteiger partial charge in [-0.05, 0) is 78.7 Å². The molecule has 0 heterocycles. The molecule has 0 amide bonds. The summed E-state index contributed by atoms with van der Waals surface area (Å²) in [4.78, 5) is 0. The predicted octanol–water partition coefficient (Wildman–Crippen LogP) is 9.69. The second-order valence-corrected chi connectivity index (χ2v) is 10.5. The highest BCUT2D eigenvalue weighted by Gasteiger charge is 2.25. The Kier molecular flexibility index (Phi) is 7.87. The minimum absolute atomic E-state index is 0.171. The molecular weight excluding hydrogens is 429 g/mol. The van der Waals surface area contributed by atoms with E-state index in [1.54, 1.807) is 12.1 Å². The summed E-state index contributed by atoms with van der Waals surface area (Å²) in [5.41, 5.74) is 1.37. The Balaban J connectivity index is 1.31. The van der Waals surface area contributed by atoms with E-state index in [4.69, 9.17) is 11.6 Å². The zero-order valence-electron chi connectivity index (χ0n) is 19.0. The van der Waals surface area contributed by atoms with Crippen molar-refractivity contribution in [3.63, 3.8) is 0 Å². The van der Waals surface area contributed by atoms with Crippen molar-refractivity contribution in [2.75, 3.05) is 0 Å². The van der Waals surface area contributed by atoms with Gasteiger partial charge in [-0.1, -0.05) is 75.6 Å². The van der Waals surface area contributed by atoms with E-state index in [0.29, 0.717) is 5.92 Å². The van der Waals surface area contributed by atoms with E-state index < -0.39 is 22.5 Å². The topological polar surface area (TPSA) is 0 Å². The third-order valence-corrected chi connectivity index (χ3v) is 8.49.